The van der Waals surface area contributed by atoms with Gasteiger partial charge in [-0.2, -0.15) is 0 Å². The van der Waals surface area contributed by atoms with Gasteiger partial charge < -0.3 is 9.73 Å². The molecule has 0 bridgehead atoms. The van der Waals surface area contributed by atoms with Gasteiger partial charge >= 0.3 is 0 Å². The summed E-state index contributed by atoms with van der Waals surface area (Å²) in [5, 5.41) is 12.1. The van der Waals surface area contributed by atoms with Crippen molar-refractivity contribution in [3.8, 4) is 11.5 Å². The fourth-order valence-electron chi connectivity index (χ4n) is 2.21. The number of hydrogen-bond acceptors (Lipinski definition) is 6. The summed E-state index contributed by atoms with van der Waals surface area (Å²) in [6, 6.07) is 8.53. The molecule has 6 nitrogen and oxygen atoms in total. The van der Waals surface area contributed by atoms with E-state index in [4.69, 9.17) is 27.6 Å². The molecular formula is C17H14Cl2N4O2S. The second kappa shape index (κ2) is 8.53. The van der Waals surface area contributed by atoms with Gasteiger partial charge in [0.2, 0.25) is 11.8 Å². The van der Waals surface area contributed by atoms with Crippen LogP contribution in [-0.4, -0.2) is 26.8 Å². The molecule has 1 N–H and O–H groups in total. The number of thioether (sulfide) groups is 1. The number of amides is 1. The van der Waals surface area contributed by atoms with Crippen molar-refractivity contribution in [3.05, 3.63) is 58.3 Å². The Hall–Kier alpha value is -2.09. The highest BCUT2D eigenvalue weighted by molar-refractivity contribution is 7.99. The number of rotatable bonds is 6. The first-order valence-corrected chi connectivity index (χ1v) is 9.38. The number of nitrogens with zero attached hydrogens (tertiary/aromatic N) is 3. The van der Waals surface area contributed by atoms with Crippen molar-refractivity contribution in [2.45, 2.75) is 18.2 Å². The summed E-state index contributed by atoms with van der Waals surface area (Å²) in [6.45, 7) is 1.85. The molecule has 26 heavy (non-hydrogen) atoms. The van der Waals surface area contributed by atoms with Crippen LogP contribution in [0.1, 0.15) is 18.5 Å². The number of carbonyl (C=O) groups is 1. The Labute approximate surface area is 164 Å². The molecule has 1 amide bonds. The van der Waals surface area contributed by atoms with Gasteiger partial charge in [-0.1, -0.05) is 41.0 Å². The van der Waals surface area contributed by atoms with Crippen LogP contribution in [0.5, 0.6) is 0 Å². The van der Waals surface area contributed by atoms with Crippen LogP contribution in [-0.2, 0) is 4.79 Å². The molecule has 3 aromatic rings. The minimum absolute atomic E-state index is 0.143. The van der Waals surface area contributed by atoms with Crippen LogP contribution < -0.4 is 5.32 Å². The maximum absolute atomic E-state index is 12.2. The van der Waals surface area contributed by atoms with E-state index in [1.807, 2.05) is 13.0 Å². The van der Waals surface area contributed by atoms with E-state index in [1.165, 1.54) is 0 Å². The van der Waals surface area contributed by atoms with Crippen molar-refractivity contribution in [1.82, 2.24) is 20.5 Å². The molecule has 2 aromatic heterocycles. The SMILES string of the molecule is C[C@H](NC(=O)CSc1nnc(-c2cccnc2)o1)c1ccc(Cl)cc1Cl. The Bertz CT molecular complexity index is 905. The standard InChI is InChI=1S/C17H14Cl2N4O2S/c1-10(13-5-4-12(18)7-14(13)19)21-15(24)9-26-17-23-22-16(25-17)11-3-2-6-20-8-11/h2-8,10H,9H2,1H3,(H,21,24)/t10-/m0/s1. The lowest BCUT2D eigenvalue weighted by Gasteiger charge is -2.15. The normalized spacial score (nSPS) is 12.0. The molecule has 0 aliphatic heterocycles. The average Bonchev–Trinajstić information content (AvgIpc) is 3.09. The van der Waals surface area contributed by atoms with Crippen LogP contribution in [0.15, 0.2) is 52.4 Å². The van der Waals surface area contributed by atoms with Gasteiger partial charge in [-0.05, 0) is 36.8 Å². The van der Waals surface area contributed by atoms with E-state index in [2.05, 4.69) is 20.5 Å². The largest absolute Gasteiger partial charge is 0.411 e. The molecule has 1 atom stereocenters. The van der Waals surface area contributed by atoms with Crippen molar-refractivity contribution < 1.29 is 9.21 Å². The zero-order valence-corrected chi connectivity index (χ0v) is 16.0. The molecule has 0 spiro atoms. The van der Waals surface area contributed by atoms with Crippen LogP contribution in [0.25, 0.3) is 11.5 Å². The summed E-state index contributed by atoms with van der Waals surface area (Å²) < 4.78 is 5.53. The smallest absolute Gasteiger partial charge is 0.277 e. The fraction of sp³-hybridized carbons (Fsp3) is 0.176. The van der Waals surface area contributed by atoms with Crippen LogP contribution in [0.3, 0.4) is 0 Å². The number of pyridine rings is 1. The average molecular weight is 409 g/mol. The Balaban J connectivity index is 1.55. The Morgan fingerprint density at radius 1 is 1.31 bits per heavy atom. The lowest BCUT2D eigenvalue weighted by atomic mass is 10.1. The van der Waals surface area contributed by atoms with Crippen molar-refractivity contribution >= 4 is 40.9 Å². The Morgan fingerprint density at radius 3 is 2.88 bits per heavy atom. The van der Waals surface area contributed by atoms with E-state index >= 15 is 0 Å². The molecule has 0 fully saturated rings. The molecule has 1 aromatic carbocycles. The third kappa shape index (κ3) is 4.75. The molecule has 0 aliphatic rings. The van der Waals surface area contributed by atoms with E-state index in [1.54, 1.807) is 36.7 Å². The number of halogens is 2. The summed E-state index contributed by atoms with van der Waals surface area (Å²) >= 11 is 13.2. The number of nitrogens with one attached hydrogen (secondary N) is 1. The number of hydrogen-bond donors (Lipinski definition) is 1. The second-order valence-corrected chi connectivity index (χ2v) is 7.13. The first-order valence-electron chi connectivity index (χ1n) is 7.64. The van der Waals surface area contributed by atoms with Crippen molar-refractivity contribution in [3.63, 3.8) is 0 Å². The van der Waals surface area contributed by atoms with Crippen LogP contribution in [0, 0.1) is 0 Å². The van der Waals surface area contributed by atoms with E-state index in [0.717, 1.165) is 22.9 Å². The minimum atomic E-state index is -0.249. The van der Waals surface area contributed by atoms with Gasteiger partial charge in [-0.25, -0.2) is 0 Å². The van der Waals surface area contributed by atoms with Crippen LogP contribution in [0.2, 0.25) is 10.0 Å². The predicted octanol–water partition coefficient (Wildman–Crippen LogP) is 4.41. The van der Waals surface area contributed by atoms with Crippen molar-refractivity contribution in [1.29, 1.82) is 0 Å². The monoisotopic (exact) mass is 408 g/mol. The van der Waals surface area contributed by atoms with E-state index in [0.29, 0.717) is 21.2 Å². The summed E-state index contributed by atoms with van der Waals surface area (Å²) in [5.74, 6) is 0.335. The first kappa shape index (κ1) is 18.7. The molecule has 9 heteroatoms. The van der Waals surface area contributed by atoms with Crippen LogP contribution >= 0.6 is 35.0 Å². The highest BCUT2D eigenvalue weighted by Gasteiger charge is 2.15. The molecule has 0 radical (unpaired) electrons. The molecule has 2 heterocycles. The molecule has 0 aliphatic carbocycles. The fourth-order valence-corrected chi connectivity index (χ4v) is 3.36. The first-order chi connectivity index (χ1) is 12.5. The molecule has 3 rings (SSSR count). The zero-order chi connectivity index (χ0) is 18.5. The van der Waals surface area contributed by atoms with Gasteiger partial charge in [0, 0.05) is 22.4 Å². The predicted molar refractivity (Wildman–Crippen MR) is 101 cm³/mol. The quantitative estimate of drug-likeness (QED) is 0.608. The van der Waals surface area contributed by atoms with Gasteiger partial charge in [0.05, 0.1) is 17.4 Å². The lowest BCUT2D eigenvalue weighted by Crippen LogP contribution is -2.28. The van der Waals surface area contributed by atoms with Crippen molar-refractivity contribution in [2.24, 2.45) is 0 Å². The van der Waals surface area contributed by atoms with E-state index in [9.17, 15) is 4.79 Å². The summed E-state index contributed by atoms with van der Waals surface area (Å²) in [4.78, 5) is 16.2. The highest BCUT2D eigenvalue weighted by Crippen LogP contribution is 2.26. The maximum atomic E-state index is 12.2. The number of aromatic nitrogens is 3. The van der Waals surface area contributed by atoms with Gasteiger partial charge in [-0.3, -0.25) is 9.78 Å². The van der Waals surface area contributed by atoms with E-state index < -0.39 is 0 Å². The minimum Gasteiger partial charge on any atom is -0.411 e. The molecule has 0 unspecified atom stereocenters. The van der Waals surface area contributed by atoms with Gasteiger partial charge in [0.1, 0.15) is 0 Å². The topological polar surface area (TPSA) is 80.9 Å². The highest BCUT2D eigenvalue weighted by atomic mass is 35.5. The van der Waals surface area contributed by atoms with Gasteiger partial charge in [0.15, 0.2) is 0 Å². The molecular weight excluding hydrogens is 395 g/mol. The van der Waals surface area contributed by atoms with Crippen molar-refractivity contribution in [2.75, 3.05) is 5.75 Å². The Kier molecular flexibility index (Phi) is 6.13. The number of carbonyl (C=O) groups excluding carboxylic acids is 1. The second-order valence-electron chi connectivity index (χ2n) is 5.36. The third-order valence-electron chi connectivity index (χ3n) is 3.45. The van der Waals surface area contributed by atoms with Gasteiger partial charge in [0.25, 0.3) is 5.22 Å². The lowest BCUT2D eigenvalue weighted by molar-refractivity contribution is -0.119. The van der Waals surface area contributed by atoms with Gasteiger partial charge in [-0.15, -0.1) is 10.2 Å². The number of benzene rings is 1. The maximum Gasteiger partial charge on any atom is 0.277 e. The zero-order valence-electron chi connectivity index (χ0n) is 13.6. The third-order valence-corrected chi connectivity index (χ3v) is 4.83. The van der Waals surface area contributed by atoms with E-state index in [-0.39, 0.29) is 17.7 Å². The molecule has 0 saturated heterocycles. The summed E-state index contributed by atoms with van der Waals surface area (Å²) in [5.41, 5.74) is 1.52. The summed E-state index contributed by atoms with van der Waals surface area (Å²) in [7, 11) is 0. The Morgan fingerprint density at radius 2 is 2.15 bits per heavy atom. The molecule has 0 saturated carbocycles. The molecule has 134 valence electrons. The van der Waals surface area contributed by atoms with Crippen LogP contribution in [0.4, 0.5) is 0 Å². The summed E-state index contributed by atoms with van der Waals surface area (Å²) in [6.07, 6.45) is 3.29.